The first kappa shape index (κ1) is 17.8. The van der Waals surface area contributed by atoms with Crippen molar-refractivity contribution >= 4 is 17.5 Å². The van der Waals surface area contributed by atoms with Gasteiger partial charge < -0.3 is 5.32 Å². The number of hydrogen-bond donors (Lipinski definition) is 1. The summed E-state index contributed by atoms with van der Waals surface area (Å²) in [7, 11) is 0. The topological polar surface area (TPSA) is 29.1 Å². The molecule has 0 radical (unpaired) electrons. The Balaban J connectivity index is 3.48. The summed E-state index contributed by atoms with van der Waals surface area (Å²) in [5, 5.41) is 3.01. The number of alkyl halides is 1. The van der Waals surface area contributed by atoms with Crippen LogP contribution in [0.5, 0.6) is 0 Å². The van der Waals surface area contributed by atoms with Crippen molar-refractivity contribution in [2.75, 3.05) is 12.4 Å². The van der Waals surface area contributed by atoms with E-state index in [4.69, 9.17) is 11.6 Å². The third kappa shape index (κ3) is 10.9. The first-order valence-electron chi connectivity index (χ1n) is 7.34. The van der Waals surface area contributed by atoms with Crippen LogP contribution in [-0.4, -0.2) is 18.3 Å². The quantitative estimate of drug-likeness (QED) is 0.436. The van der Waals surface area contributed by atoms with Crippen LogP contribution in [0.25, 0.3) is 0 Å². The van der Waals surface area contributed by atoms with E-state index >= 15 is 0 Å². The molecule has 0 bridgehead atoms. The normalized spacial score (nSPS) is 11.6. The summed E-state index contributed by atoms with van der Waals surface area (Å²) >= 11 is 5.73. The summed E-state index contributed by atoms with van der Waals surface area (Å²) in [4.78, 5) is 11.6. The minimum absolute atomic E-state index is 0.110. The molecule has 0 unspecified atom stereocenters. The zero-order chi connectivity index (χ0) is 13.9. The Labute approximate surface area is 118 Å². The summed E-state index contributed by atoms with van der Waals surface area (Å²) in [6.07, 6.45) is 8.97. The van der Waals surface area contributed by atoms with Crippen LogP contribution in [0.15, 0.2) is 0 Å². The number of rotatable bonds is 11. The number of halogens is 1. The van der Waals surface area contributed by atoms with Gasteiger partial charge in [0.05, 0.1) is 0 Å². The van der Waals surface area contributed by atoms with Crippen LogP contribution in [0, 0.1) is 5.41 Å². The van der Waals surface area contributed by atoms with E-state index in [0.29, 0.717) is 12.3 Å². The van der Waals surface area contributed by atoms with Crippen molar-refractivity contribution in [2.24, 2.45) is 5.41 Å². The fraction of sp³-hybridized carbons (Fsp3) is 0.933. The highest BCUT2D eigenvalue weighted by atomic mass is 35.5. The van der Waals surface area contributed by atoms with Gasteiger partial charge in [-0.15, -0.1) is 11.6 Å². The van der Waals surface area contributed by atoms with Crippen LogP contribution in [0.1, 0.15) is 72.1 Å². The molecule has 0 aromatic heterocycles. The summed E-state index contributed by atoms with van der Waals surface area (Å²) in [5.41, 5.74) is 0.110. The van der Waals surface area contributed by atoms with Crippen LogP contribution in [0.3, 0.4) is 0 Å². The number of amides is 1. The highest BCUT2D eigenvalue weighted by molar-refractivity contribution is 6.17. The zero-order valence-corrected chi connectivity index (χ0v) is 13.1. The van der Waals surface area contributed by atoms with Crippen LogP contribution in [0.2, 0.25) is 0 Å². The number of hydrogen-bond acceptors (Lipinski definition) is 1. The molecule has 2 nitrogen and oxygen atoms in total. The van der Waals surface area contributed by atoms with E-state index in [-0.39, 0.29) is 11.3 Å². The van der Waals surface area contributed by atoms with Crippen molar-refractivity contribution in [3.63, 3.8) is 0 Å². The maximum absolute atomic E-state index is 11.6. The van der Waals surface area contributed by atoms with Crippen LogP contribution < -0.4 is 5.32 Å². The average Bonchev–Trinajstić information content (AvgIpc) is 2.31. The van der Waals surface area contributed by atoms with Gasteiger partial charge in [0.15, 0.2) is 0 Å². The second-order valence-corrected chi connectivity index (χ2v) is 6.28. The van der Waals surface area contributed by atoms with Crippen LogP contribution in [0.4, 0.5) is 0 Å². The van der Waals surface area contributed by atoms with Gasteiger partial charge in [0.2, 0.25) is 5.91 Å². The first-order chi connectivity index (χ1) is 8.52. The molecule has 0 fully saturated rings. The SMILES string of the molecule is CCCCCCCCC(=O)NCC(C)(C)CCCl. The van der Waals surface area contributed by atoms with Gasteiger partial charge in [-0.3, -0.25) is 4.79 Å². The minimum atomic E-state index is 0.110. The Morgan fingerprint density at radius 3 is 2.33 bits per heavy atom. The van der Waals surface area contributed by atoms with Crippen molar-refractivity contribution < 1.29 is 4.79 Å². The van der Waals surface area contributed by atoms with Crippen molar-refractivity contribution in [1.29, 1.82) is 0 Å². The molecule has 0 rings (SSSR count). The molecule has 0 aromatic carbocycles. The monoisotopic (exact) mass is 275 g/mol. The van der Waals surface area contributed by atoms with Crippen LogP contribution >= 0.6 is 11.6 Å². The molecule has 1 amide bonds. The number of unbranched alkanes of at least 4 members (excludes halogenated alkanes) is 5. The summed E-state index contributed by atoms with van der Waals surface area (Å²) in [5.74, 6) is 0.841. The lowest BCUT2D eigenvalue weighted by Crippen LogP contribution is -2.34. The van der Waals surface area contributed by atoms with E-state index < -0.39 is 0 Å². The molecule has 0 spiro atoms. The molecular weight excluding hydrogens is 246 g/mol. The summed E-state index contributed by atoms with van der Waals surface area (Å²) in [6.45, 7) is 7.23. The third-order valence-electron chi connectivity index (χ3n) is 3.29. The Morgan fingerprint density at radius 1 is 1.11 bits per heavy atom. The molecule has 0 saturated carbocycles. The molecule has 18 heavy (non-hydrogen) atoms. The fourth-order valence-corrected chi connectivity index (χ4v) is 2.35. The average molecular weight is 276 g/mol. The number of nitrogens with one attached hydrogen (secondary N) is 1. The lowest BCUT2D eigenvalue weighted by molar-refractivity contribution is -0.121. The predicted molar refractivity (Wildman–Crippen MR) is 80.1 cm³/mol. The maximum Gasteiger partial charge on any atom is 0.220 e. The standard InChI is InChI=1S/C15H30ClNO/c1-4-5-6-7-8-9-10-14(18)17-13-15(2,3)11-12-16/h4-13H2,1-3H3,(H,17,18). The largest absolute Gasteiger partial charge is 0.356 e. The minimum Gasteiger partial charge on any atom is -0.356 e. The molecule has 3 heteroatoms. The Morgan fingerprint density at radius 2 is 1.72 bits per heavy atom. The summed E-state index contributed by atoms with van der Waals surface area (Å²) in [6, 6.07) is 0. The van der Waals surface area contributed by atoms with Crippen molar-refractivity contribution in [1.82, 2.24) is 5.32 Å². The van der Waals surface area contributed by atoms with E-state index in [2.05, 4.69) is 26.1 Å². The van der Waals surface area contributed by atoms with Gasteiger partial charge in [-0.1, -0.05) is 52.9 Å². The maximum atomic E-state index is 11.6. The molecule has 0 saturated heterocycles. The van der Waals surface area contributed by atoms with Crippen molar-refractivity contribution in [2.45, 2.75) is 72.1 Å². The highest BCUT2D eigenvalue weighted by Gasteiger charge is 2.17. The molecule has 108 valence electrons. The third-order valence-corrected chi connectivity index (χ3v) is 3.48. The van der Waals surface area contributed by atoms with Gasteiger partial charge in [0.25, 0.3) is 0 Å². The number of carbonyl (C=O) groups excluding carboxylic acids is 1. The van der Waals surface area contributed by atoms with E-state index in [9.17, 15) is 4.79 Å². The van der Waals surface area contributed by atoms with Crippen molar-refractivity contribution in [3.8, 4) is 0 Å². The van der Waals surface area contributed by atoms with Gasteiger partial charge in [0, 0.05) is 18.8 Å². The predicted octanol–water partition coefficient (Wildman–Crippen LogP) is 4.51. The molecule has 1 N–H and O–H groups in total. The van der Waals surface area contributed by atoms with Gasteiger partial charge in [0.1, 0.15) is 0 Å². The summed E-state index contributed by atoms with van der Waals surface area (Å²) < 4.78 is 0. The first-order valence-corrected chi connectivity index (χ1v) is 7.88. The Bertz CT molecular complexity index is 217. The van der Waals surface area contributed by atoms with E-state index in [0.717, 1.165) is 19.4 Å². The van der Waals surface area contributed by atoms with Gasteiger partial charge in [-0.25, -0.2) is 0 Å². The van der Waals surface area contributed by atoms with E-state index in [1.165, 1.54) is 32.1 Å². The second-order valence-electron chi connectivity index (χ2n) is 5.90. The van der Waals surface area contributed by atoms with Gasteiger partial charge >= 0.3 is 0 Å². The van der Waals surface area contributed by atoms with E-state index in [1.54, 1.807) is 0 Å². The second kappa shape index (κ2) is 10.7. The highest BCUT2D eigenvalue weighted by Crippen LogP contribution is 2.19. The lowest BCUT2D eigenvalue weighted by atomic mass is 9.90. The molecular formula is C15H30ClNO. The van der Waals surface area contributed by atoms with Gasteiger partial charge in [-0.05, 0) is 18.3 Å². The van der Waals surface area contributed by atoms with E-state index in [1.807, 2.05) is 0 Å². The Hall–Kier alpha value is -0.240. The van der Waals surface area contributed by atoms with Crippen LogP contribution in [-0.2, 0) is 4.79 Å². The number of carbonyl (C=O) groups is 1. The Kier molecular flexibility index (Phi) is 10.5. The zero-order valence-electron chi connectivity index (χ0n) is 12.4. The molecule has 0 aliphatic heterocycles. The molecule has 0 aliphatic carbocycles. The molecule has 0 heterocycles. The molecule has 0 aliphatic rings. The molecule has 0 aromatic rings. The van der Waals surface area contributed by atoms with Gasteiger partial charge in [-0.2, -0.15) is 0 Å². The molecule has 0 atom stereocenters. The lowest BCUT2D eigenvalue weighted by Gasteiger charge is -2.23. The van der Waals surface area contributed by atoms with Crippen molar-refractivity contribution in [3.05, 3.63) is 0 Å². The fourth-order valence-electron chi connectivity index (χ4n) is 1.84. The smallest absolute Gasteiger partial charge is 0.220 e.